The Kier molecular flexibility index (Phi) is 3.84. The molecule has 4 heteroatoms. The van der Waals surface area contributed by atoms with Gasteiger partial charge in [-0.2, -0.15) is 0 Å². The van der Waals surface area contributed by atoms with Crippen LogP contribution in [0.15, 0.2) is 23.0 Å². The van der Waals surface area contributed by atoms with E-state index in [1.807, 2.05) is 4.90 Å². The van der Waals surface area contributed by atoms with Crippen LogP contribution >= 0.6 is 0 Å². The molecule has 0 bridgehead atoms. The summed E-state index contributed by atoms with van der Waals surface area (Å²) in [4.78, 5) is 14.1. The van der Waals surface area contributed by atoms with Crippen molar-refractivity contribution in [1.82, 2.24) is 4.90 Å². The predicted octanol–water partition coefficient (Wildman–Crippen LogP) is 1.87. The molecular formula is C13H20N2O2. The number of carbonyl (C=O) groups excluding carboxylic acids is 1. The number of carbonyl (C=O) groups is 1. The van der Waals surface area contributed by atoms with Gasteiger partial charge >= 0.3 is 0 Å². The van der Waals surface area contributed by atoms with Crippen LogP contribution in [0.2, 0.25) is 0 Å². The van der Waals surface area contributed by atoms with E-state index in [2.05, 4.69) is 6.92 Å². The quantitative estimate of drug-likeness (QED) is 0.871. The molecule has 0 saturated carbocycles. The number of nitrogens with zero attached hydrogens (tertiary/aromatic N) is 1. The Labute approximate surface area is 102 Å². The Hall–Kier alpha value is -1.29. The SMILES string of the molecule is CCC1CCN(C(=O)c2ccoc2)C(CN)C1. The Morgan fingerprint density at radius 3 is 3.06 bits per heavy atom. The normalized spacial score (nSPS) is 24.9. The highest BCUT2D eigenvalue weighted by molar-refractivity contribution is 5.94. The monoisotopic (exact) mass is 236 g/mol. The van der Waals surface area contributed by atoms with Gasteiger partial charge in [-0.15, -0.1) is 0 Å². The summed E-state index contributed by atoms with van der Waals surface area (Å²) < 4.78 is 4.96. The van der Waals surface area contributed by atoms with Crippen LogP contribution in [0.25, 0.3) is 0 Å². The van der Waals surface area contributed by atoms with Crippen LogP contribution in [0, 0.1) is 5.92 Å². The minimum absolute atomic E-state index is 0.0451. The zero-order valence-electron chi connectivity index (χ0n) is 10.3. The molecule has 0 spiro atoms. The van der Waals surface area contributed by atoms with Crippen molar-refractivity contribution in [3.05, 3.63) is 24.2 Å². The second-order valence-electron chi connectivity index (χ2n) is 4.70. The molecule has 2 heterocycles. The van der Waals surface area contributed by atoms with Gasteiger partial charge in [0, 0.05) is 19.1 Å². The maximum Gasteiger partial charge on any atom is 0.257 e. The van der Waals surface area contributed by atoms with Crippen molar-refractivity contribution in [2.24, 2.45) is 11.7 Å². The van der Waals surface area contributed by atoms with Gasteiger partial charge in [0.25, 0.3) is 5.91 Å². The first-order valence-electron chi connectivity index (χ1n) is 6.29. The average molecular weight is 236 g/mol. The van der Waals surface area contributed by atoms with Crippen molar-refractivity contribution in [3.8, 4) is 0 Å². The van der Waals surface area contributed by atoms with Gasteiger partial charge in [0.1, 0.15) is 6.26 Å². The zero-order valence-corrected chi connectivity index (χ0v) is 10.3. The summed E-state index contributed by atoms with van der Waals surface area (Å²) in [5, 5.41) is 0. The van der Waals surface area contributed by atoms with E-state index in [1.165, 1.54) is 18.9 Å². The maximum atomic E-state index is 12.2. The molecule has 2 unspecified atom stereocenters. The van der Waals surface area contributed by atoms with Crippen LogP contribution in [-0.4, -0.2) is 29.9 Å². The zero-order chi connectivity index (χ0) is 12.3. The van der Waals surface area contributed by atoms with Gasteiger partial charge in [0.2, 0.25) is 0 Å². The Bertz CT molecular complexity index is 362. The van der Waals surface area contributed by atoms with Crippen molar-refractivity contribution in [1.29, 1.82) is 0 Å². The summed E-state index contributed by atoms with van der Waals surface area (Å²) in [5.41, 5.74) is 6.41. The Balaban J connectivity index is 2.07. The molecular weight excluding hydrogens is 216 g/mol. The highest BCUT2D eigenvalue weighted by atomic mass is 16.3. The van der Waals surface area contributed by atoms with E-state index in [4.69, 9.17) is 10.2 Å². The average Bonchev–Trinajstić information content (AvgIpc) is 2.91. The lowest BCUT2D eigenvalue weighted by atomic mass is 9.88. The van der Waals surface area contributed by atoms with E-state index in [0.29, 0.717) is 18.0 Å². The third-order valence-electron chi connectivity index (χ3n) is 3.70. The first-order valence-corrected chi connectivity index (χ1v) is 6.29. The Morgan fingerprint density at radius 2 is 2.47 bits per heavy atom. The van der Waals surface area contributed by atoms with Crippen LogP contribution in [-0.2, 0) is 0 Å². The number of furan rings is 1. The van der Waals surface area contributed by atoms with Crippen LogP contribution in [0.3, 0.4) is 0 Å². The molecule has 1 aliphatic heterocycles. The minimum atomic E-state index is 0.0451. The molecule has 0 aromatic carbocycles. The lowest BCUT2D eigenvalue weighted by Gasteiger charge is -2.38. The van der Waals surface area contributed by atoms with E-state index < -0.39 is 0 Å². The molecule has 1 saturated heterocycles. The lowest BCUT2D eigenvalue weighted by Crippen LogP contribution is -2.49. The molecule has 17 heavy (non-hydrogen) atoms. The van der Waals surface area contributed by atoms with E-state index in [-0.39, 0.29) is 11.9 Å². The molecule has 1 aromatic rings. The molecule has 1 aliphatic rings. The van der Waals surface area contributed by atoms with Crippen molar-refractivity contribution in [2.45, 2.75) is 32.2 Å². The van der Waals surface area contributed by atoms with Crippen molar-refractivity contribution >= 4 is 5.91 Å². The van der Waals surface area contributed by atoms with Crippen LogP contribution in [0.5, 0.6) is 0 Å². The standard InChI is InChI=1S/C13H20N2O2/c1-2-10-3-5-15(12(7-10)8-14)13(16)11-4-6-17-9-11/h4,6,9-10,12H,2-3,5,7-8,14H2,1H3. The van der Waals surface area contributed by atoms with Crippen molar-refractivity contribution in [2.75, 3.05) is 13.1 Å². The van der Waals surface area contributed by atoms with Crippen LogP contribution in [0.1, 0.15) is 36.5 Å². The third kappa shape index (κ3) is 2.52. The summed E-state index contributed by atoms with van der Waals surface area (Å²) in [6, 6.07) is 1.89. The summed E-state index contributed by atoms with van der Waals surface area (Å²) in [6.07, 6.45) is 6.31. The van der Waals surface area contributed by atoms with Crippen molar-refractivity contribution in [3.63, 3.8) is 0 Å². The van der Waals surface area contributed by atoms with E-state index in [1.54, 1.807) is 6.07 Å². The molecule has 2 rings (SSSR count). The number of rotatable bonds is 3. The van der Waals surface area contributed by atoms with Crippen molar-refractivity contribution < 1.29 is 9.21 Å². The number of likely N-dealkylation sites (tertiary alicyclic amines) is 1. The molecule has 94 valence electrons. The van der Waals surface area contributed by atoms with Crippen LogP contribution in [0.4, 0.5) is 0 Å². The van der Waals surface area contributed by atoms with Gasteiger partial charge in [0.05, 0.1) is 11.8 Å². The summed E-state index contributed by atoms with van der Waals surface area (Å²) >= 11 is 0. The van der Waals surface area contributed by atoms with Crippen LogP contribution < -0.4 is 5.73 Å². The number of nitrogens with two attached hydrogens (primary N) is 1. The number of amides is 1. The molecule has 2 N–H and O–H groups in total. The molecule has 2 atom stereocenters. The largest absolute Gasteiger partial charge is 0.472 e. The fraction of sp³-hybridized carbons (Fsp3) is 0.615. The number of piperidine rings is 1. The van der Waals surface area contributed by atoms with E-state index in [0.717, 1.165) is 19.4 Å². The molecule has 1 amide bonds. The molecule has 1 fully saturated rings. The molecule has 4 nitrogen and oxygen atoms in total. The van der Waals surface area contributed by atoms with Gasteiger partial charge in [0.15, 0.2) is 0 Å². The highest BCUT2D eigenvalue weighted by Crippen LogP contribution is 2.26. The fourth-order valence-electron chi connectivity index (χ4n) is 2.55. The molecule has 0 radical (unpaired) electrons. The molecule has 0 aliphatic carbocycles. The second kappa shape index (κ2) is 5.36. The summed E-state index contributed by atoms with van der Waals surface area (Å²) in [7, 11) is 0. The predicted molar refractivity (Wildman–Crippen MR) is 65.6 cm³/mol. The topological polar surface area (TPSA) is 59.5 Å². The minimum Gasteiger partial charge on any atom is -0.472 e. The maximum absolute atomic E-state index is 12.2. The van der Waals surface area contributed by atoms with Gasteiger partial charge in [-0.1, -0.05) is 13.3 Å². The lowest BCUT2D eigenvalue weighted by molar-refractivity contribution is 0.0558. The summed E-state index contributed by atoms with van der Waals surface area (Å²) in [6.45, 7) is 3.55. The van der Waals surface area contributed by atoms with Gasteiger partial charge < -0.3 is 15.1 Å². The number of hydrogen-bond acceptors (Lipinski definition) is 3. The number of hydrogen-bond donors (Lipinski definition) is 1. The van der Waals surface area contributed by atoms with Gasteiger partial charge in [-0.25, -0.2) is 0 Å². The van der Waals surface area contributed by atoms with Gasteiger partial charge in [-0.05, 0) is 24.8 Å². The highest BCUT2D eigenvalue weighted by Gasteiger charge is 2.30. The summed E-state index contributed by atoms with van der Waals surface area (Å²) in [5.74, 6) is 0.751. The second-order valence-corrected chi connectivity index (χ2v) is 4.70. The Morgan fingerprint density at radius 1 is 1.65 bits per heavy atom. The van der Waals surface area contributed by atoms with E-state index in [9.17, 15) is 4.79 Å². The first-order chi connectivity index (χ1) is 8.26. The third-order valence-corrected chi connectivity index (χ3v) is 3.70. The first kappa shape index (κ1) is 12.2. The smallest absolute Gasteiger partial charge is 0.257 e. The van der Waals surface area contributed by atoms with Gasteiger partial charge in [-0.3, -0.25) is 4.79 Å². The fourth-order valence-corrected chi connectivity index (χ4v) is 2.55. The molecule has 1 aromatic heterocycles. The van der Waals surface area contributed by atoms with E-state index >= 15 is 0 Å².